The van der Waals surface area contributed by atoms with Gasteiger partial charge in [0.25, 0.3) is 5.91 Å². The highest BCUT2D eigenvalue weighted by atomic mass is 16.5. The molecule has 0 radical (unpaired) electrons. The minimum absolute atomic E-state index is 0.102. The molecule has 1 fully saturated rings. The molecule has 7 heteroatoms. The summed E-state index contributed by atoms with van der Waals surface area (Å²) in [6.45, 7) is 9.90. The van der Waals surface area contributed by atoms with Crippen LogP contribution in [0.15, 0.2) is 47.0 Å². The van der Waals surface area contributed by atoms with E-state index in [2.05, 4.69) is 35.2 Å². The molecule has 2 aromatic carbocycles. The van der Waals surface area contributed by atoms with Crippen LogP contribution >= 0.6 is 0 Å². The lowest BCUT2D eigenvalue weighted by Crippen LogP contribution is -2.48. The normalized spacial score (nSPS) is 14.4. The summed E-state index contributed by atoms with van der Waals surface area (Å²) in [6.07, 6.45) is 0. The van der Waals surface area contributed by atoms with Gasteiger partial charge < -0.3 is 18.9 Å². The van der Waals surface area contributed by atoms with Gasteiger partial charge in [-0.05, 0) is 50.1 Å². The monoisotopic (exact) mass is 449 g/mol. The number of methoxy groups -OCH3 is 1. The van der Waals surface area contributed by atoms with Crippen LogP contribution < -0.4 is 9.47 Å². The van der Waals surface area contributed by atoms with Gasteiger partial charge in [-0.3, -0.25) is 9.69 Å². The minimum Gasteiger partial charge on any atom is -0.497 e. The van der Waals surface area contributed by atoms with E-state index in [1.807, 2.05) is 43.0 Å². The molecule has 0 saturated carbocycles. The Labute approximate surface area is 194 Å². The molecule has 0 atom stereocenters. The molecule has 3 aromatic rings. The fourth-order valence-electron chi connectivity index (χ4n) is 4.09. The quantitative estimate of drug-likeness (QED) is 0.540. The van der Waals surface area contributed by atoms with E-state index < -0.39 is 0 Å². The van der Waals surface area contributed by atoms with Crippen molar-refractivity contribution in [3.63, 3.8) is 0 Å². The zero-order valence-corrected chi connectivity index (χ0v) is 19.8. The van der Waals surface area contributed by atoms with E-state index in [4.69, 9.17) is 14.0 Å². The molecule has 1 saturated heterocycles. The summed E-state index contributed by atoms with van der Waals surface area (Å²) in [5.41, 5.74) is 4.53. The van der Waals surface area contributed by atoms with Crippen LogP contribution in [0.5, 0.6) is 11.5 Å². The number of benzene rings is 2. The zero-order valence-electron chi connectivity index (χ0n) is 19.8. The van der Waals surface area contributed by atoms with Gasteiger partial charge in [0, 0.05) is 32.7 Å². The molecule has 7 nitrogen and oxygen atoms in total. The number of aromatic nitrogens is 1. The molecule has 33 heavy (non-hydrogen) atoms. The van der Waals surface area contributed by atoms with E-state index in [9.17, 15) is 4.79 Å². The predicted octanol–water partition coefficient (Wildman–Crippen LogP) is 4.15. The van der Waals surface area contributed by atoms with Crippen LogP contribution in [0.1, 0.15) is 38.5 Å². The average Bonchev–Trinajstić information content (AvgIpc) is 3.19. The Hall–Kier alpha value is -3.32. The highest BCUT2D eigenvalue weighted by Gasteiger charge is 2.28. The van der Waals surface area contributed by atoms with Crippen LogP contribution in [0.25, 0.3) is 0 Å². The molecule has 174 valence electrons. The number of carbonyl (C=O) groups is 1. The Morgan fingerprint density at radius 3 is 2.42 bits per heavy atom. The van der Waals surface area contributed by atoms with Crippen molar-refractivity contribution in [2.75, 3.05) is 33.3 Å². The Balaban J connectivity index is 1.36. The van der Waals surface area contributed by atoms with E-state index in [1.54, 1.807) is 7.11 Å². The first-order valence-electron chi connectivity index (χ1n) is 11.2. The molecule has 1 aromatic heterocycles. The fourth-order valence-corrected chi connectivity index (χ4v) is 4.09. The summed E-state index contributed by atoms with van der Waals surface area (Å²) < 4.78 is 16.6. The first-order valence-corrected chi connectivity index (χ1v) is 11.2. The van der Waals surface area contributed by atoms with Crippen molar-refractivity contribution < 1.29 is 18.8 Å². The maximum Gasteiger partial charge on any atom is 0.276 e. The van der Waals surface area contributed by atoms with Crippen molar-refractivity contribution in [3.8, 4) is 11.5 Å². The molecular formula is C26H31N3O4. The summed E-state index contributed by atoms with van der Waals surface area (Å²) in [5.74, 6) is 2.16. The Morgan fingerprint density at radius 1 is 1.03 bits per heavy atom. The van der Waals surface area contributed by atoms with E-state index in [0.717, 1.165) is 36.7 Å². The highest BCUT2D eigenvalue weighted by Crippen LogP contribution is 2.23. The lowest BCUT2D eigenvalue weighted by atomic mass is 10.1. The van der Waals surface area contributed by atoms with Gasteiger partial charge in [-0.2, -0.15) is 0 Å². The van der Waals surface area contributed by atoms with Crippen LogP contribution in [0.3, 0.4) is 0 Å². The number of piperazine rings is 1. The van der Waals surface area contributed by atoms with Crippen LogP contribution in [-0.4, -0.2) is 54.2 Å². The lowest BCUT2D eigenvalue weighted by Gasteiger charge is -2.34. The second kappa shape index (κ2) is 10.1. The maximum absolute atomic E-state index is 13.2. The molecule has 0 spiro atoms. The van der Waals surface area contributed by atoms with Gasteiger partial charge in [0.05, 0.1) is 12.7 Å². The molecule has 4 rings (SSSR count). The third-order valence-electron chi connectivity index (χ3n) is 6.11. The van der Waals surface area contributed by atoms with Gasteiger partial charge in [0.2, 0.25) is 0 Å². The van der Waals surface area contributed by atoms with Gasteiger partial charge in [-0.25, -0.2) is 0 Å². The first kappa shape index (κ1) is 22.9. The van der Waals surface area contributed by atoms with E-state index >= 15 is 0 Å². The number of rotatable bonds is 7. The first-order chi connectivity index (χ1) is 15.9. The van der Waals surface area contributed by atoms with Crippen molar-refractivity contribution in [1.82, 2.24) is 15.0 Å². The molecule has 0 bridgehead atoms. The second-order valence-corrected chi connectivity index (χ2v) is 8.54. The average molecular weight is 450 g/mol. The number of aryl methyl sites for hydroxylation is 3. The number of amides is 1. The summed E-state index contributed by atoms with van der Waals surface area (Å²) in [4.78, 5) is 17.4. The van der Waals surface area contributed by atoms with E-state index in [0.29, 0.717) is 30.1 Å². The van der Waals surface area contributed by atoms with Crippen molar-refractivity contribution in [1.29, 1.82) is 0 Å². The van der Waals surface area contributed by atoms with Crippen molar-refractivity contribution in [3.05, 3.63) is 76.2 Å². The molecule has 0 N–H and O–H groups in total. The van der Waals surface area contributed by atoms with Crippen molar-refractivity contribution >= 4 is 5.91 Å². The summed E-state index contributed by atoms with van der Waals surface area (Å²) in [6, 6.07) is 14.2. The SMILES string of the molecule is COc1ccc(CN2CCN(C(=O)c3noc(C)c3COc3ccc(C)cc3C)CC2)cc1. The number of hydrogen-bond acceptors (Lipinski definition) is 6. The second-order valence-electron chi connectivity index (χ2n) is 8.54. The van der Waals surface area contributed by atoms with Crippen LogP contribution in [0.2, 0.25) is 0 Å². The van der Waals surface area contributed by atoms with Crippen molar-refractivity contribution in [2.24, 2.45) is 0 Å². The van der Waals surface area contributed by atoms with Gasteiger partial charge >= 0.3 is 0 Å². The standard InChI is InChI=1S/C26H31N3O4/c1-18-5-10-24(19(2)15-18)32-17-23-20(3)33-27-25(23)26(30)29-13-11-28(12-14-29)16-21-6-8-22(31-4)9-7-21/h5-10,15H,11-14,16-17H2,1-4H3. The fraction of sp³-hybridized carbons (Fsp3) is 0.385. The summed E-state index contributed by atoms with van der Waals surface area (Å²) in [7, 11) is 1.67. The highest BCUT2D eigenvalue weighted by molar-refractivity contribution is 5.93. The number of ether oxygens (including phenoxy) is 2. The summed E-state index contributed by atoms with van der Waals surface area (Å²) >= 11 is 0. The third kappa shape index (κ3) is 5.37. The molecular weight excluding hydrogens is 418 g/mol. The summed E-state index contributed by atoms with van der Waals surface area (Å²) in [5, 5.41) is 4.07. The largest absolute Gasteiger partial charge is 0.497 e. The molecule has 0 aliphatic carbocycles. The smallest absolute Gasteiger partial charge is 0.276 e. The molecule has 0 unspecified atom stereocenters. The Kier molecular flexibility index (Phi) is 6.99. The minimum atomic E-state index is -0.102. The number of carbonyl (C=O) groups excluding carboxylic acids is 1. The molecule has 1 aliphatic rings. The number of nitrogens with zero attached hydrogens (tertiary/aromatic N) is 3. The van der Waals surface area contributed by atoms with Crippen molar-refractivity contribution in [2.45, 2.75) is 33.9 Å². The van der Waals surface area contributed by atoms with E-state index in [-0.39, 0.29) is 12.5 Å². The Morgan fingerprint density at radius 2 is 1.76 bits per heavy atom. The predicted molar refractivity (Wildman–Crippen MR) is 126 cm³/mol. The van der Waals surface area contributed by atoms with Crippen LogP contribution in [0.4, 0.5) is 0 Å². The zero-order chi connectivity index (χ0) is 23.4. The van der Waals surface area contributed by atoms with E-state index in [1.165, 1.54) is 11.1 Å². The van der Waals surface area contributed by atoms with Gasteiger partial charge in [-0.15, -0.1) is 0 Å². The van der Waals surface area contributed by atoms with Gasteiger partial charge in [0.15, 0.2) is 5.69 Å². The van der Waals surface area contributed by atoms with Gasteiger partial charge in [-0.1, -0.05) is 35.0 Å². The molecule has 1 amide bonds. The van der Waals surface area contributed by atoms with Crippen LogP contribution in [0, 0.1) is 20.8 Å². The van der Waals surface area contributed by atoms with Gasteiger partial charge in [0.1, 0.15) is 23.9 Å². The van der Waals surface area contributed by atoms with Crippen LogP contribution in [-0.2, 0) is 13.2 Å². The maximum atomic E-state index is 13.2. The number of hydrogen-bond donors (Lipinski definition) is 0. The third-order valence-corrected chi connectivity index (χ3v) is 6.11. The topological polar surface area (TPSA) is 68.0 Å². The Bertz CT molecular complexity index is 1100. The lowest BCUT2D eigenvalue weighted by molar-refractivity contribution is 0.0616. The molecule has 2 heterocycles. The molecule has 1 aliphatic heterocycles.